The van der Waals surface area contributed by atoms with Crippen molar-refractivity contribution in [1.82, 2.24) is 15.0 Å². The van der Waals surface area contributed by atoms with E-state index in [0.29, 0.717) is 10.7 Å². The average molecular weight is 374 g/mol. The first-order valence-electron chi connectivity index (χ1n) is 8.70. The quantitative estimate of drug-likeness (QED) is 0.538. The number of hydrogen-bond acceptors (Lipinski definition) is 5. The number of carbonyl (C=O) groups is 1. The highest BCUT2D eigenvalue weighted by molar-refractivity contribution is 7.14. The molecule has 27 heavy (non-hydrogen) atoms. The van der Waals surface area contributed by atoms with Crippen LogP contribution in [0.3, 0.4) is 0 Å². The van der Waals surface area contributed by atoms with Gasteiger partial charge in [0.25, 0.3) is 5.91 Å². The van der Waals surface area contributed by atoms with Gasteiger partial charge in [0.2, 0.25) is 0 Å². The average Bonchev–Trinajstić information content (AvgIpc) is 3.16. The van der Waals surface area contributed by atoms with Crippen LogP contribution in [0.15, 0.2) is 60.1 Å². The summed E-state index contributed by atoms with van der Waals surface area (Å²) in [7, 11) is 0. The number of aromatic nitrogens is 3. The largest absolute Gasteiger partial charge is 0.298 e. The van der Waals surface area contributed by atoms with Crippen molar-refractivity contribution in [2.75, 3.05) is 5.32 Å². The second-order valence-corrected chi connectivity index (χ2v) is 7.33. The van der Waals surface area contributed by atoms with Crippen LogP contribution in [0.1, 0.15) is 35.8 Å². The highest BCUT2D eigenvalue weighted by Crippen LogP contribution is 2.26. The lowest BCUT2D eigenvalue weighted by Gasteiger charge is -2.11. The standard InChI is InChI=1S/C21H18N4OS/c1-13(2)18-11-15(14-7-3-4-8-16(14)23-18)20(26)25-21-24-19(12-27-21)17-9-5-6-10-22-17/h3-13H,1-2H3,(H,24,25,26). The van der Waals surface area contributed by atoms with Crippen LogP contribution in [-0.2, 0) is 0 Å². The van der Waals surface area contributed by atoms with E-state index in [9.17, 15) is 4.79 Å². The van der Waals surface area contributed by atoms with Crippen molar-refractivity contribution < 1.29 is 4.79 Å². The van der Waals surface area contributed by atoms with Gasteiger partial charge < -0.3 is 0 Å². The van der Waals surface area contributed by atoms with Gasteiger partial charge in [-0.2, -0.15) is 0 Å². The van der Waals surface area contributed by atoms with Gasteiger partial charge in [-0.15, -0.1) is 11.3 Å². The predicted octanol–water partition coefficient (Wildman–Crippen LogP) is 5.13. The molecule has 0 unspecified atom stereocenters. The molecule has 4 rings (SSSR count). The fourth-order valence-electron chi connectivity index (χ4n) is 2.81. The number of anilines is 1. The normalized spacial score (nSPS) is 11.1. The molecule has 0 saturated heterocycles. The van der Waals surface area contributed by atoms with E-state index in [0.717, 1.165) is 28.0 Å². The maximum Gasteiger partial charge on any atom is 0.258 e. The van der Waals surface area contributed by atoms with Gasteiger partial charge in [-0.1, -0.05) is 38.1 Å². The Balaban J connectivity index is 1.67. The minimum absolute atomic E-state index is 0.183. The zero-order valence-electron chi connectivity index (χ0n) is 15.0. The van der Waals surface area contributed by atoms with E-state index >= 15 is 0 Å². The number of nitrogens with one attached hydrogen (secondary N) is 1. The van der Waals surface area contributed by atoms with Crippen molar-refractivity contribution in [1.29, 1.82) is 0 Å². The molecule has 0 atom stereocenters. The van der Waals surface area contributed by atoms with Crippen LogP contribution in [0, 0.1) is 0 Å². The Bertz CT molecular complexity index is 1110. The van der Waals surface area contributed by atoms with Crippen LogP contribution in [0.5, 0.6) is 0 Å². The zero-order valence-corrected chi connectivity index (χ0v) is 15.8. The van der Waals surface area contributed by atoms with Gasteiger partial charge in [0, 0.05) is 22.7 Å². The summed E-state index contributed by atoms with van der Waals surface area (Å²) in [5.41, 5.74) is 3.86. The van der Waals surface area contributed by atoms with Crippen molar-refractivity contribution in [3.05, 3.63) is 71.4 Å². The zero-order chi connectivity index (χ0) is 18.8. The van der Waals surface area contributed by atoms with E-state index in [1.54, 1.807) is 6.20 Å². The molecule has 3 aromatic heterocycles. The molecule has 1 aromatic carbocycles. The maximum absolute atomic E-state index is 13.0. The number of nitrogens with zero attached hydrogens (tertiary/aromatic N) is 3. The highest BCUT2D eigenvalue weighted by Gasteiger charge is 2.16. The van der Waals surface area contributed by atoms with E-state index < -0.39 is 0 Å². The highest BCUT2D eigenvalue weighted by atomic mass is 32.1. The summed E-state index contributed by atoms with van der Waals surface area (Å²) in [5, 5.41) is 6.19. The van der Waals surface area contributed by atoms with E-state index in [2.05, 4.69) is 34.1 Å². The molecule has 0 radical (unpaired) electrons. The van der Waals surface area contributed by atoms with E-state index in [1.165, 1.54) is 11.3 Å². The molecule has 5 nitrogen and oxygen atoms in total. The fourth-order valence-corrected chi connectivity index (χ4v) is 3.51. The van der Waals surface area contributed by atoms with Gasteiger partial charge in [-0.05, 0) is 30.2 Å². The van der Waals surface area contributed by atoms with Crippen LogP contribution in [-0.4, -0.2) is 20.9 Å². The third kappa shape index (κ3) is 3.57. The van der Waals surface area contributed by atoms with Crippen molar-refractivity contribution in [3.8, 4) is 11.4 Å². The van der Waals surface area contributed by atoms with Crippen molar-refractivity contribution in [2.24, 2.45) is 0 Å². The molecule has 0 aliphatic heterocycles. The molecule has 1 N–H and O–H groups in total. The lowest BCUT2D eigenvalue weighted by atomic mass is 10.0. The summed E-state index contributed by atoms with van der Waals surface area (Å²) in [6.45, 7) is 4.14. The molecule has 0 saturated carbocycles. The van der Waals surface area contributed by atoms with E-state index in [4.69, 9.17) is 0 Å². The third-order valence-corrected chi connectivity index (χ3v) is 4.98. The smallest absolute Gasteiger partial charge is 0.258 e. The number of thiazole rings is 1. The van der Waals surface area contributed by atoms with Crippen LogP contribution in [0.25, 0.3) is 22.3 Å². The molecule has 0 aliphatic carbocycles. The second-order valence-electron chi connectivity index (χ2n) is 6.47. The van der Waals surface area contributed by atoms with Crippen LogP contribution >= 0.6 is 11.3 Å². The van der Waals surface area contributed by atoms with E-state index in [1.807, 2.05) is 53.9 Å². The first-order chi connectivity index (χ1) is 13.1. The molecule has 0 aliphatic rings. The summed E-state index contributed by atoms with van der Waals surface area (Å²) >= 11 is 1.38. The second kappa shape index (κ2) is 7.25. The summed E-state index contributed by atoms with van der Waals surface area (Å²) in [4.78, 5) is 26.4. The first-order valence-corrected chi connectivity index (χ1v) is 9.58. The third-order valence-electron chi connectivity index (χ3n) is 4.22. The summed E-state index contributed by atoms with van der Waals surface area (Å²) in [6.07, 6.45) is 1.73. The number of rotatable bonds is 4. The minimum Gasteiger partial charge on any atom is -0.298 e. The molecular formula is C21H18N4OS. The van der Waals surface area contributed by atoms with E-state index in [-0.39, 0.29) is 11.8 Å². The van der Waals surface area contributed by atoms with Gasteiger partial charge >= 0.3 is 0 Å². The molecular weight excluding hydrogens is 356 g/mol. The molecule has 0 spiro atoms. The van der Waals surface area contributed by atoms with Gasteiger partial charge in [0.1, 0.15) is 5.69 Å². The number of pyridine rings is 2. The molecule has 0 bridgehead atoms. The molecule has 3 heterocycles. The Labute approximate surface area is 161 Å². The van der Waals surface area contributed by atoms with Gasteiger partial charge in [0.15, 0.2) is 5.13 Å². The van der Waals surface area contributed by atoms with Gasteiger partial charge in [0.05, 0.1) is 16.8 Å². The van der Waals surface area contributed by atoms with Crippen molar-refractivity contribution >= 4 is 33.3 Å². The summed E-state index contributed by atoms with van der Waals surface area (Å²) in [6, 6.07) is 15.2. The fraction of sp³-hybridized carbons (Fsp3) is 0.143. The summed E-state index contributed by atoms with van der Waals surface area (Å²) < 4.78 is 0. The van der Waals surface area contributed by atoms with Crippen molar-refractivity contribution in [3.63, 3.8) is 0 Å². The number of carbonyl (C=O) groups excluding carboxylic acids is 1. The lowest BCUT2D eigenvalue weighted by molar-refractivity contribution is 0.102. The summed E-state index contributed by atoms with van der Waals surface area (Å²) in [5.74, 6) is 0.0502. The Morgan fingerprint density at radius 3 is 2.63 bits per heavy atom. The number of benzene rings is 1. The Hall–Kier alpha value is -3.12. The lowest BCUT2D eigenvalue weighted by Crippen LogP contribution is -2.13. The van der Waals surface area contributed by atoms with Crippen molar-refractivity contribution in [2.45, 2.75) is 19.8 Å². The molecule has 134 valence electrons. The Morgan fingerprint density at radius 2 is 1.85 bits per heavy atom. The topological polar surface area (TPSA) is 67.8 Å². The van der Waals surface area contributed by atoms with Crippen LogP contribution in [0.2, 0.25) is 0 Å². The first kappa shape index (κ1) is 17.3. The Morgan fingerprint density at radius 1 is 1.04 bits per heavy atom. The molecule has 4 aromatic rings. The molecule has 6 heteroatoms. The minimum atomic E-state index is -0.183. The predicted molar refractivity (Wildman–Crippen MR) is 109 cm³/mol. The number of fused-ring (bicyclic) bond motifs is 1. The number of hydrogen-bond donors (Lipinski definition) is 1. The monoisotopic (exact) mass is 374 g/mol. The van der Waals surface area contributed by atoms with Crippen LogP contribution < -0.4 is 5.32 Å². The SMILES string of the molecule is CC(C)c1cc(C(=O)Nc2nc(-c3ccccn3)cs2)c2ccccc2n1. The van der Waals surface area contributed by atoms with Crippen LogP contribution in [0.4, 0.5) is 5.13 Å². The molecule has 0 fully saturated rings. The molecule has 1 amide bonds. The number of para-hydroxylation sites is 1. The maximum atomic E-state index is 13.0. The number of amides is 1. The van der Waals surface area contributed by atoms with Gasteiger partial charge in [-0.3, -0.25) is 20.1 Å². The Kier molecular flexibility index (Phi) is 4.64. The van der Waals surface area contributed by atoms with Gasteiger partial charge in [-0.25, -0.2) is 4.98 Å².